The number of ether oxygens (including phenoxy) is 1. The van der Waals surface area contributed by atoms with Crippen LogP contribution in [0.4, 0.5) is 13.2 Å². The fourth-order valence-corrected chi connectivity index (χ4v) is 3.45. The molecule has 0 amide bonds. The monoisotopic (exact) mass is 359 g/mol. The summed E-state index contributed by atoms with van der Waals surface area (Å²) in [4.78, 5) is -0.563. The van der Waals surface area contributed by atoms with Crippen LogP contribution in [0.5, 0.6) is 5.75 Å². The van der Waals surface area contributed by atoms with Crippen molar-refractivity contribution in [1.82, 2.24) is 4.72 Å². The van der Waals surface area contributed by atoms with Crippen LogP contribution in [-0.4, -0.2) is 14.8 Å². The van der Waals surface area contributed by atoms with E-state index in [2.05, 4.69) is 9.46 Å². The van der Waals surface area contributed by atoms with Crippen molar-refractivity contribution in [3.8, 4) is 5.75 Å². The minimum Gasteiger partial charge on any atom is -0.404 e. The second-order valence-electron chi connectivity index (χ2n) is 5.32. The molecule has 0 bridgehead atoms. The van der Waals surface area contributed by atoms with E-state index >= 15 is 0 Å². The van der Waals surface area contributed by atoms with Gasteiger partial charge in [-0.25, -0.2) is 13.1 Å². The van der Waals surface area contributed by atoms with E-state index in [1.807, 2.05) is 19.9 Å². The van der Waals surface area contributed by atoms with Crippen molar-refractivity contribution in [2.75, 3.05) is 0 Å². The molecule has 0 fully saturated rings. The van der Waals surface area contributed by atoms with E-state index in [1.165, 1.54) is 12.1 Å². The highest BCUT2D eigenvalue weighted by Crippen LogP contribution is 2.29. The van der Waals surface area contributed by atoms with Gasteiger partial charge in [0.25, 0.3) is 0 Å². The number of aryl methyl sites for hydroxylation is 2. The van der Waals surface area contributed by atoms with Gasteiger partial charge in [0.1, 0.15) is 10.6 Å². The van der Waals surface area contributed by atoms with Crippen LogP contribution in [0.25, 0.3) is 0 Å². The fraction of sp³-hybridized carbons (Fsp3) is 0.250. The summed E-state index contributed by atoms with van der Waals surface area (Å²) in [5.74, 6) is -0.766. The van der Waals surface area contributed by atoms with Crippen LogP contribution < -0.4 is 9.46 Å². The zero-order valence-electron chi connectivity index (χ0n) is 13.0. The second-order valence-corrected chi connectivity index (χ2v) is 7.05. The molecule has 0 aliphatic carbocycles. The summed E-state index contributed by atoms with van der Waals surface area (Å²) >= 11 is 0. The first kappa shape index (κ1) is 18.3. The van der Waals surface area contributed by atoms with Gasteiger partial charge >= 0.3 is 6.36 Å². The molecule has 0 saturated heterocycles. The van der Waals surface area contributed by atoms with E-state index in [-0.39, 0.29) is 6.54 Å². The van der Waals surface area contributed by atoms with E-state index in [4.69, 9.17) is 0 Å². The Morgan fingerprint density at radius 1 is 1.04 bits per heavy atom. The molecule has 4 nitrogen and oxygen atoms in total. The second kappa shape index (κ2) is 6.82. The number of rotatable bonds is 5. The number of hydrogen-bond acceptors (Lipinski definition) is 3. The number of benzene rings is 2. The molecule has 0 radical (unpaired) electrons. The smallest absolute Gasteiger partial charge is 0.404 e. The largest absolute Gasteiger partial charge is 0.573 e. The Hall–Kier alpha value is -2.06. The first-order chi connectivity index (χ1) is 11.1. The molecule has 0 aliphatic heterocycles. The van der Waals surface area contributed by atoms with Gasteiger partial charge in [0.2, 0.25) is 10.0 Å². The molecule has 2 rings (SSSR count). The Morgan fingerprint density at radius 3 is 2.21 bits per heavy atom. The van der Waals surface area contributed by atoms with Gasteiger partial charge in [-0.2, -0.15) is 0 Å². The zero-order valence-corrected chi connectivity index (χ0v) is 13.8. The van der Waals surface area contributed by atoms with Gasteiger partial charge in [0.05, 0.1) is 0 Å². The molecular weight excluding hydrogens is 343 g/mol. The Bertz CT molecular complexity index is 812. The van der Waals surface area contributed by atoms with Crippen molar-refractivity contribution in [3.05, 3.63) is 59.2 Å². The van der Waals surface area contributed by atoms with Crippen molar-refractivity contribution in [2.45, 2.75) is 31.7 Å². The Labute approximate surface area is 138 Å². The highest BCUT2D eigenvalue weighted by molar-refractivity contribution is 7.89. The average Bonchev–Trinajstić information content (AvgIpc) is 2.43. The summed E-state index contributed by atoms with van der Waals surface area (Å²) < 4.78 is 68.0. The summed E-state index contributed by atoms with van der Waals surface area (Å²) in [5.41, 5.74) is 2.64. The van der Waals surface area contributed by atoms with Gasteiger partial charge in [0.15, 0.2) is 0 Å². The summed E-state index contributed by atoms with van der Waals surface area (Å²) in [5, 5.41) is 0. The third-order valence-electron chi connectivity index (χ3n) is 3.11. The Kier molecular flexibility index (Phi) is 5.19. The molecule has 1 N–H and O–H groups in total. The molecule has 0 spiro atoms. The average molecular weight is 359 g/mol. The standard InChI is InChI=1S/C16H16F3NO3S/c1-11-7-12(2)9-13(8-11)10-20-24(21,22)15-6-4-3-5-14(15)23-16(17,18)19/h3-9,20H,10H2,1-2H3. The first-order valence-corrected chi connectivity index (χ1v) is 8.47. The minimum atomic E-state index is -4.97. The predicted molar refractivity (Wildman–Crippen MR) is 83.1 cm³/mol. The van der Waals surface area contributed by atoms with E-state index in [9.17, 15) is 21.6 Å². The minimum absolute atomic E-state index is 0.0365. The van der Waals surface area contributed by atoms with Gasteiger partial charge in [-0.1, -0.05) is 41.5 Å². The van der Waals surface area contributed by atoms with Gasteiger partial charge in [-0.3, -0.25) is 0 Å². The Balaban J connectivity index is 2.24. The third kappa shape index (κ3) is 4.97. The molecule has 0 heterocycles. The summed E-state index contributed by atoms with van der Waals surface area (Å²) in [6.45, 7) is 3.71. The summed E-state index contributed by atoms with van der Waals surface area (Å²) in [6, 6.07) is 10.1. The van der Waals surface area contributed by atoms with Crippen LogP contribution in [0, 0.1) is 13.8 Å². The van der Waals surface area contributed by atoms with Crippen LogP contribution in [0.2, 0.25) is 0 Å². The maximum Gasteiger partial charge on any atom is 0.573 e. The summed E-state index contributed by atoms with van der Waals surface area (Å²) in [7, 11) is -4.16. The first-order valence-electron chi connectivity index (χ1n) is 6.98. The van der Waals surface area contributed by atoms with Crippen molar-refractivity contribution in [2.24, 2.45) is 0 Å². The topological polar surface area (TPSA) is 55.4 Å². The predicted octanol–water partition coefficient (Wildman–Crippen LogP) is 3.68. The maximum atomic E-state index is 12.4. The van der Waals surface area contributed by atoms with Crippen molar-refractivity contribution >= 4 is 10.0 Å². The van der Waals surface area contributed by atoms with Gasteiger partial charge in [-0.05, 0) is 31.5 Å². The molecule has 0 aromatic heterocycles. The van der Waals surface area contributed by atoms with Crippen LogP contribution in [-0.2, 0) is 16.6 Å². The molecular formula is C16H16F3NO3S. The van der Waals surface area contributed by atoms with Gasteiger partial charge in [-0.15, -0.1) is 13.2 Å². The van der Waals surface area contributed by atoms with Crippen molar-refractivity contribution in [3.63, 3.8) is 0 Å². The molecule has 2 aromatic rings. The fourth-order valence-electron chi connectivity index (χ4n) is 2.31. The number of halogens is 3. The van der Waals surface area contributed by atoms with Crippen LogP contribution in [0.1, 0.15) is 16.7 Å². The lowest BCUT2D eigenvalue weighted by molar-refractivity contribution is -0.275. The van der Waals surface area contributed by atoms with Crippen LogP contribution in [0.15, 0.2) is 47.4 Å². The number of alkyl halides is 3. The quantitative estimate of drug-likeness (QED) is 0.886. The van der Waals surface area contributed by atoms with Crippen LogP contribution >= 0.6 is 0 Å². The molecule has 0 unspecified atom stereocenters. The molecule has 0 atom stereocenters. The van der Waals surface area contributed by atoms with E-state index in [0.717, 1.165) is 23.3 Å². The number of para-hydroxylation sites is 1. The molecule has 2 aromatic carbocycles. The molecule has 8 heteroatoms. The van der Waals surface area contributed by atoms with Gasteiger partial charge in [0, 0.05) is 6.54 Å². The Morgan fingerprint density at radius 2 is 1.62 bits per heavy atom. The van der Waals surface area contributed by atoms with Gasteiger partial charge < -0.3 is 4.74 Å². The number of hydrogen-bond donors (Lipinski definition) is 1. The van der Waals surface area contributed by atoms with Crippen LogP contribution in [0.3, 0.4) is 0 Å². The summed E-state index contributed by atoms with van der Waals surface area (Å²) in [6.07, 6.45) is -4.97. The maximum absolute atomic E-state index is 12.4. The molecule has 130 valence electrons. The molecule has 0 aliphatic rings. The van der Waals surface area contributed by atoms with E-state index < -0.39 is 27.0 Å². The zero-order chi connectivity index (χ0) is 18.0. The van der Waals surface area contributed by atoms with Crippen molar-refractivity contribution in [1.29, 1.82) is 0 Å². The highest BCUT2D eigenvalue weighted by Gasteiger charge is 2.33. The number of sulfonamides is 1. The molecule has 24 heavy (non-hydrogen) atoms. The van der Waals surface area contributed by atoms with E-state index in [0.29, 0.717) is 5.56 Å². The van der Waals surface area contributed by atoms with E-state index in [1.54, 1.807) is 12.1 Å². The van der Waals surface area contributed by atoms with Crippen molar-refractivity contribution < 1.29 is 26.3 Å². The SMILES string of the molecule is Cc1cc(C)cc(CNS(=O)(=O)c2ccccc2OC(F)(F)F)c1. The lowest BCUT2D eigenvalue weighted by Crippen LogP contribution is -2.25. The normalized spacial score (nSPS) is 12.2. The lowest BCUT2D eigenvalue weighted by Gasteiger charge is -2.14. The third-order valence-corrected chi connectivity index (χ3v) is 4.55. The molecule has 0 saturated carbocycles. The highest BCUT2D eigenvalue weighted by atomic mass is 32.2. The lowest BCUT2D eigenvalue weighted by atomic mass is 10.1. The number of nitrogens with one attached hydrogen (secondary N) is 1.